The van der Waals surface area contributed by atoms with Crippen LogP contribution in [0.25, 0.3) is 0 Å². The van der Waals surface area contributed by atoms with Crippen LogP contribution in [-0.2, 0) is 22.7 Å². The largest absolute Gasteiger partial charge is 0.478 e. The number of carboxylic acid groups (broad SMARTS) is 1. The SMILES string of the molecule is CCCCN1C(=O)[C@@H](CC2(O)CCCCC2)NC(=O)C12CCN(Cc1ccc(C(=O)NCc3ccc(C(=O)O)cc3)cc1)CC2.Cl. The van der Waals surface area contributed by atoms with Crippen LogP contribution < -0.4 is 10.6 Å². The van der Waals surface area contributed by atoms with Crippen LogP contribution in [0.1, 0.15) is 103 Å². The molecule has 3 aliphatic rings. The second-order valence-corrected chi connectivity index (χ2v) is 13.0. The van der Waals surface area contributed by atoms with Gasteiger partial charge in [0.1, 0.15) is 11.6 Å². The quantitative estimate of drug-likeness (QED) is 0.284. The molecule has 2 saturated heterocycles. The number of piperazine rings is 1. The number of benzene rings is 2. The van der Waals surface area contributed by atoms with E-state index in [9.17, 15) is 24.3 Å². The lowest BCUT2D eigenvalue weighted by Crippen LogP contribution is -2.73. The summed E-state index contributed by atoms with van der Waals surface area (Å²) < 4.78 is 0. The summed E-state index contributed by atoms with van der Waals surface area (Å²) in [5.41, 5.74) is 0.862. The Hall–Kier alpha value is -3.47. The van der Waals surface area contributed by atoms with Gasteiger partial charge in [-0.05, 0) is 67.5 Å². The van der Waals surface area contributed by atoms with E-state index >= 15 is 0 Å². The Balaban J connectivity index is 0.00000480. The van der Waals surface area contributed by atoms with Gasteiger partial charge in [0.25, 0.3) is 5.91 Å². The molecule has 0 bridgehead atoms. The number of nitrogens with one attached hydrogen (secondary N) is 2. The van der Waals surface area contributed by atoms with E-state index in [2.05, 4.69) is 22.5 Å². The molecule has 250 valence electrons. The lowest BCUT2D eigenvalue weighted by atomic mass is 9.77. The van der Waals surface area contributed by atoms with E-state index in [1.54, 1.807) is 24.3 Å². The van der Waals surface area contributed by atoms with E-state index in [1.807, 2.05) is 17.0 Å². The van der Waals surface area contributed by atoms with E-state index in [-0.39, 0.29) is 42.1 Å². The van der Waals surface area contributed by atoms with Crippen LogP contribution in [-0.4, -0.2) is 80.5 Å². The molecule has 1 saturated carbocycles. The first-order valence-corrected chi connectivity index (χ1v) is 16.4. The Labute approximate surface area is 277 Å². The highest BCUT2D eigenvalue weighted by Gasteiger charge is 2.54. The number of carbonyl (C=O) groups is 4. The molecule has 3 amide bonds. The number of piperidine rings is 1. The number of halogens is 1. The van der Waals surface area contributed by atoms with Crippen molar-refractivity contribution in [3.63, 3.8) is 0 Å². The fraction of sp³-hybridized carbons (Fsp3) is 0.543. The number of nitrogens with zero attached hydrogens (tertiary/aromatic N) is 2. The molecular weight excluding hydrogens is 608 g/mol. The maximum atomic E-state index is 13.8. The third-order valence-corrected chi connectivity index (χ3v) is 9.87. The molecule has 2 aromatic rings. The fourth-order valence-electron chi connectivity index (χ4n) is 7.10. The average Bonchev–Trinajstić information content (AvgIpc) is 3.04. The second-order valence-electron chi connectivity index (χ2n) is 13.0. The van der Waals surface area contributed by atoms with E-state index in [0.717, 1.165) is 43.2 Å². The number of rotatable bonds is 11. The Kier molecular flexibility index (Phi) is 11.9. The zero-order valence-corrected chi connectivity index (χ0v) is 27.4. The van der Waals surface area contributed by atoms with Crippen LogP contribution in [0.4, 0.5) is 0 Å². The number of hydrogen-bond donors (Lipinski definition) is 4. The van der Waals surface area contributed by atoms with Gasteiger partial charge in [-0.2, -0.15) is 0 Å². The van der Waals surface area contributed by atoms with Crippen LogP contribution in [0.3, 0.4) is 0 Å². The van der Waals surface area contributed by atoms with E-state index in [0.29, 0.717) is 64.0 Å². The minimum absolute atomic E-state index is 0. The molecule has 5 rings (SSSR count). The summed E-state index contributed by atoms with van der Waals surface area (Å²) in [6, 6.07) is 13.2. The fourth-order valence-corrected chi connectivity index (χ4v) is 7.10. The summed E-state index contributed by atoms with van der Waals surface area (Å²) in [7, 11) is 0. The highest BCUT2D eigenvalue weighted by atomic mass is 35.5. The van der Waals surface area contributed by atoms with Crippen LogP contribution >= 0.6 is 12.4 Å². The Morgan fingerprint density at radius 3 is 2.13 bits per heavy atom. The summed E-state index contributed by atoms with van der Waals surface area (Å²) in [6.45, 7) is 4.94. The first-order chi connectivity index (χ1) is 21.6. The second kappa shape index (κ2) is 15.4. The number of likely N-dealkylation sites (tertiary alicyclic amines) is 1. The smallest absolute Gasteiger partial charge is 0.335 e. The molecule has 4 N–H and O–H groups in total. The van der Waals surface area contributed by atoms with Crippen LogP contribution in [0.15, 0.2) is 48.5 Å². The Morgan fingerprint density at radius 1 is 0.913 bits per heavy atom. The zero-order valence-electron chi connectivity index (χ0n) is 26.6. The van der Waals surface area contributed by atoms with Crippen molar-refractivity contribution in [1.29, 1.82) is 0 Å². The van der Waals surface area contributed by atoms with Gasteiger partial charge in [-0.3, -0.25) is 19.3 Å². The number of unbranched alkanes of at least 4 members (excludes halogenated alkanes) is 1. The van der Waals surface area contributed by atoms with Crippen molar-refractivity contribution < 1.29 is 29.4 Å². The normalized spacial score (nSPS) is 20.9. The van der Waals surface area contributed by atoms with Crippen molar-refractivity contribution in [2.45, 2.75) is 101 Å². The molecule has 0 radical (unpaired) electrons. The van der Waals surface area contributed by atoms with Gasteiger partial charge >= 0.3 is 5.97 Å². The third kappa shape index (κ3) is 8.08. The zero-order chi connectivity index (χ0) is 32.0. The van der Waals surface area contributed by atoms with E-state index in [1.165, 1.54) is 12.1 Å². The van der Waals surface area contributed by atoms with Gasteiger partial charge in [-0.25, -0.2) is 4.79 Å². The summed E-state index contributed by atoms with van der Waals surface area (Å²) in [5.74, 6) is -1.34. The molecule has 0 aromatic heterocycles. The summed E-state index contributed by atoms with van der Waals surface area (Å²) in [4.78, 5) is 55.4. The number of carbonyl (C=O) groups excluding carboxylic acids is 3. The van der Waals surface area contributed by atoms with Crippen LogP contribution in [0, 0.1) is 0 Å². The van der Waals surface area contributed by atoms with Gasteiger partial charge in [0, 0.05) is 44.7 Å². The molecule has 11 heteroatoms. The Bertz CT molecular complexity index is 1370. The van der Waals surface area contributed by atoms with Crippen molar-refractivity contribution >= 4 is 36.1 Å². The average molecular weight is 655 g/mol. The number of aliphatic hydroxyl groups is 1. The molecular formula is C35H47ClN4O6. The predicted octanol–water partition coefficient (Wildman–Crippen LogP) is 4.28. The van der Waals surface area contributed by atoms with Gasteiger partial charge in [-0.1, -0.05) is 56.9 Å². The van der Waals surface area contributed by atoms with Crippen molar-refractivity contribution in [2.24, 2.45) is 0 Å². The minimum atomic E-state index is -0.988. The van der Waals surface area contributed by atoms with Gasteiger partial charge < -0.3 is 25.7 Å². The lowest BCUT2D eigenvalue weighted by Gasteiger charge is -2.52. The van der Waals surface area contributed by atoms with Crippen LogP contribution in [0.2, 0.25) is 0 Å². The van der Waals surface area contributed by atoms with Crippen LogP contribution in [0.5, 0.6) is 0 Å². The van der Waals surface area contributed by atoms with Gasteiger partial charge in [0.15, 0.2) is 0 Å². The number of aromatic carboxylic acids is 1. The molecule has 2 aromatic carbocycles. The first kappa shape index (κ1) is 35.4. The molecule has 2 aliphatic heterocycles. The molecule has 0 unspecified atom stereocenters. The molecule has 10 nitrogen and oxygen atoms in total. The van der Waals surface area contributed by atoms with Gasteiger partial charge in [0.05, 0.1) is 11.2 Å². The van der Waals surface area contributed by atoms with E-state index < -0.39 is 23.2 Å². The maximum absolute atomic E-state index is 13.8. The molecule has 2 heterocycles. The molecule has 46 heavy (non-hydrogen) atoms. The topological polar surface area (TPSA) is 139 Å². The van der Waals surface area contributed by atoms with E-state index in [4.69, 9.17) is 5.11 Å². The summed E-state index contributed by atoms with van der Waals surface area (Å²) >= 11 is 0. The number of hydrogen-bond acceptors (Lipinski definition) is 6. The molecule has 3 fully saturated rings. The first-order valence-electron chi connectivity index (χ1n) is 16.4. The lowest BCUT2D eigenvalue weighted by molar-refractivity contribution is -0.163. The molecule has 1 spiro atoms. The van der Waals surface area contributed by atoms with Crippen molar-refractivity contribution in [3.05, 3.63) is 70.8 Å². The van der Waals surface area contributed by atoms with Gasteiger partial charge in [0.2, 0.25) is 11.8 Å². The minimum Gasteiger partial charge on any atom is -0.478 e. The van der Waals surface area contributed by atoms with Crippen molar-refractivity contribution in [2.75, 3.05) is 19.6 Å². The Morgan fingerprint density at radius 2 is 1.52 bits per heavy atom. The molecule has 1 atom stereocenters. The summed E-state index contributed by atoms with van der Waals surface area (Å²) in [6.07, 6.45) is 7.52. The number of carboxylic acids is 1. The predicted molar refractivity (Wildman–Crippen MR) is 177 cm³/mol. The number of amides is 3. The monoisotopic (exact) mass is 654 g/mol. The standard InChI is InChI=1S/C35H46N4O6.ClH/c1-2-3-19-39-31(41)29(22-34(45)15-5-4-6-16-34)37-33(44)35(39)17-20-38(21-18-35)24-26-9-11-27(12-10-26)30(40)36-23-25-7-13-28(14-8-25)32(42)43;/h7-14,29,45H,2-6,15-24H2,1H3,(H,36,40)(H,37,44)(H,42,43);1H/t29-;/m1./s1. The maximum Gasteiger partial charge on any atom is 0.335 e. The molecule has 1 aliphatic carbocycles. The highest BCUT2D eigenvalue weighted by molar-refractivity contribution is 6.00. The summed E-state index contributed by atoms with van der Waals surface area (Å²) in [5, 5.41) is 26.1. The van der Waals surface area contributed by atoms with Gasteiger partial charge in [-0.15, -0.1) is 12.4 Å². The third-order valence-electron chi connectivity index (χ3n) is 9.87. The van der Waals surface area contributed by atoms with Crippen molar-refractivity contribution in [1.82, 2.24) is 20.4 Å². The highest BCUT2D eigenvalue weighted by Crippen LogP contribution is 2.37. The van der Waals surface area contributed by atoms with Crippen molar-refractivity contribution in [3.8, 4) is 0 Å².